The van der Waals surface area contributed by atoms with Gasteiger partial charge in [-0.2, -0.15) is 4.98 Å². The van der Waals surface area contributed by atoms with E-state index in [1.807, 2.05) is 0 Å². The summed E-state index contributed by atoms with van der Waals surface area (Å²) in [6.07, 6.45) is 0. The van der Waals surface area contributed by atoms with Crippen LogP contribution in [0.25, 0.3) is 11.5 Å². The highest BCUT2D eigenvalue weighted by molar-refractivity contribution is 5.95. The summed E-state index contributed by atoms with van der Waals surface area (Å²) >= 11 is 0. The first-order chi connectivity index (χ1) is 13.5. The summed E-state index contributed by atoms with van der Waals surface area (Å²) in [5, 5.41) is 6.50. The maximum atomic E-state index is 13.0. The van der Waals surface area contributed by atoms with Gasteiger partial charge in [-0.25, -0.2) is 4.39 Å². The summed E-state index contributed by atoms with van der Waals surface area (Å²) in [6.45, 7) is 0.0419. The highest BCUT2D eigenvalue weighted by Crippen LogP contribution is 2.38. The van der Waals surface area contributed by atoms with E-state index in [4.69, 9.17) is 18.7 Å². The Labute approximate surface area is 160 Å². The number of halogens is 1. The molecule has 0 aliphatic rings. The molecule has 3 rings (SSSR count). The molecule has 1 N–H and O–H groups in total. The van der Waals surface area contributed by atoms with E-state index < -0.39 is 0 Å². The van der Waals surface area contributed by atoms with Crippen LogP contribution in [-0.4, -0.2) is 37.4 Å². The lowest BCUT2D eigenvalue weighted by Crippen LogP contribution is -2.23. The Morgan fingerprint density at radius 2 is 1.71 bits per heavy atom. The predicted octanol–water partition coefficient (Wildman–Crippen LogP) is 2.83. The average Bonchev–Trinajstić information content (AvgIpc) is 3.20. The summed E-state index contributed by atoms with van der Waals surface area (Å²) in [5.41, 5.74) is 0.896. The van der Waals surface area contributed by atoms with Gasteiger partial charge in [-0.05, 0) is 36.4 Å². The number of ether oxygens (including phenoxy) is 3. The monoisotopic (exact) mass is 387 g/mol. The van der Waals surface area contributed by atoms with Crippen LogP contribution in [0.1, 0.15) is 16.2 Å². The van der Waals surface area contributed by atoms with Crippen molar-refractivity contribution in [2.45, 2.75) is 6.54 Å². The van der Waals surface area contributed by atoms with Crippen LogP contribution >= 0.6 is 0 Å². The summed E-state index contributed by atoms with van der Waals surface area (Å²) in [6, 6.07) is 8.73. The Balaban J connectivity index is 1.71. The number of aromatic nitrogens is 2. The molecule has 0 saturated heterocycles. The molecule has 8 nitrogen and oxygen atoms in total. The normalized spacial score (nSPS) is 10.4. The second-order valence-corrected chi connectivity index (χ2v) is 5.62. The van der Waals surface area contributed by atoms with Crippen LogP contribution in [0.3, 0.4) is 0 Å². The third kappa shape index (κ3) is 4.03. The molecule has 0 aliphatic carbocycles. The first kappa shape index (κ1) is 19.2. The third-order valence-corrected chi connectivity index (χ3v) is 3.89. The molecule has 9 heteroatoms. The van der Waals surface area contributed by atoms with Gasteiger partial charge in [0.2, 0.25) is 5.75 Å². The van der Waals surface area contributed by atoms with Crippen molar-refractivity contribution in [3.63, 3.8) is 0 Å². The van der Waals surface area contributed by atoms with Gasteiger partial charge in [0.15, 0.2) is 17.3 Å². The van der Waals surface area contributed by atoms with Crippen LogP contribution in [0.15, 0.2) is 40.9 Å². The SMILES string of the molecule is COc1cc(C(=O)NCc2noc(-c3ccc(F)cc3)n2)cc(OC)c1OC. The van der Waals surface area contributed by atoms with Crippen LogP contribution in [-0.2, 0) is 6.54 Å². The molecule has 1 heterocycles. The van der Waals surface area contributed by atoms with E-state index in [1.54, 1.807) is 0 Å². The summed E-state index contributed by atoms with van der Waals surface area (Å²) in [4.78, 5) is 16.7. The highest BCUT2D eigenvalue weighted by atomic mass is 19.1. The molecular formula is C19H18FN3O5. The number of methoxy groups -OCH3 is 3. The molecule has 0 radical (unpaired) electrons. The number of amides is 1. The van der Waals surface area contributed by atoms with Crippen LogP contribution < -0.4 is 19.5 Å². The molecule has 0 bridgehead atoms. The fourth-order valence-corrected chi connectivity index (χ4v) is 2.51. The van der Waals surface area contributed by atoms with Gasteiger partial charge in [0, 0.05) is 11.1 Å². The predicted molar refractivity (Wildman–Crippen MR) is 97.0 cm³/mol. The second kappa shape index (κ2) is 8.38. The number of nitrogens with one attached hydrogen (secondary N) is 1. The van der Waals surface area contributed by atoms with E-state index in [0.717, 1.165) is 0 Å². The Morgan fingerprint density at radius 3 is 2.29 bits per heavy atom. The number of rotatable bonds is 7. The number of nitrogens with zero attached hydrogens (tertiary/aromatic N) is 2. The molecule has 0 aliphatic heterocycles. The van der Waals surface area contributed by atoms with Gasteiger partial charge < -0.3 is 24.1 Å². The minimum absolute atomic E-state index is 0.0419. The van der Waals surface area contributed by atoms with E-state index in [1.165, 1.54) is 57.7 Å². The zero-order valence-electron chi connectivity index (χ0n) is 15.5. The van der Waals surface area contributed by atoms with Crippen molar-refractivity contribution in [1.29, 1.82) is 0 Å². The van der Waals surface area contributed by atoms with Crippen LogP contribution in [0.4, 0.5) is 4.39 Å². The van der Waals surface area contributed by atoms with Crippen LogP contribution in [0.2, 0.25) is 0 Å². The third-order valence-electron chi connectivity index (χ3n) is 3.89. The zero-order chi connectivity index (χ0) is 20.1. The quantitative estimate of drug-likeness (QED) is 0.666. The molecule has 0 atom stereocenters. The largest absolute Gasteiger partial charge is 0.493 e. The number of carbonyl (C=O) groups is 1. The molecule has 1 amide bonds. The maximum absolute atomic E-state index is 13.0. The van der Waals surface area contributed by atoms with Gasteiger partial charge in [0.25, 0.3) is 11.8 Å². The molecule has 2 aromatic carbocycles. The van der Waals surface area contributed by atoms with E-state index in [2.05, 4.69) is 15.5 Å². The van der Waals surface area contributed by atoms with Crippen LogP contribution in [0, 0.1) is 5.82 Å². The minimum atomic E-state index is -0.382. The summed E-state index contributed by atoms with van der Waals surface area (Å²) < 4.78 is 33.9. The van der Waals surface area contributed by atoms with Gasteiger partial charge in [-0.3, -0.25) is 4.79 Å². The molecule has 0 spiro atoms. The second-order valence-electron chi connectivity index (χ2n) is 5.62. The zero-order valence-corrected chi connectivity index (χ0v) is 15.5. The van der Waals surface area contributed by atoms with Crippen molar-refractivity contribution in [1.82, 2.24) is 15.5 Å². The summed E-state index contributed by atoms with van der Waals surface area (Å²) in [5.74, 6) is 0.893. The standard InChI is InChI=1S/C19H18FN3O5/c1-25-14-8-12(9-15(26-2)17(14)27-3)18(24)21-10-16-22-19(28-23-16)11-4-6-13(20)7-5-11/h4-9H,10H2,1-3H3,(H,21,24). The molecule has 0 saturated carbocycles. The van der Waals surface area contributed by atoms with E-state index in [-0.39, 0.29) is 30.0 Å². The van der Waals surface area contributed by atoms with Crippen molar-refractivity contribution in [2.75, 3.05) is 21.3 Å². The van der Waals surface area contributed by atoms with Crippen molar-refractivity contribution in [3.8, 4) is 28.7 Å². The van der Waals surface area contributed by atoms with Gasteiger partial charge in [-0.1, -0.05) is 5.16 Å². The number of hydrogen-bond donors (Lipinski definition) is 1. The number of benzene rings is 2. The topological polar surface area (TPSA) is 95.7 Å². The Kier molecular flexibility index (Phi) is 5.73. The van der Waals surface area contributed by atoms with Gasteiger partial charge in [-0.15, -0.1) is 0 Å². The van der Waals surface area contributed by atoms with Crippen molar-refractivity contribution < 1.29 is 27.9 Å². The molecule has 0 unspecified atom stereocenters. The van der Waals surface area contributed by atoms with Crippen LogP contribution in [0.5, 0.6) is 17.2 Å². The van der Waals surface area contributed by atoms with Gasteiger partial charge >= 0.3 is 0 Å². The lowest BCUT2D eigenvalue weighted by Gasteiger charge is -2.13. The molecule has 1 aromatic heterocycles. The van der Waals surface area contributed by atoms with Gasteiger partial charge in [0.05, 0.1) is 27.9 Å². The smallest absolute Gasteiger partial charge is 0.257 e. The number of hydrogen-bond acceptors (Lipinski definition) is 7. The minimum Gasteiger partial charge on any atom is -0.493 e. The summed E-state index contributed by atoms with van der Waals surface area (Å²) in [7, 11) is 4.42. The first-order valence-electron chi connectivity index (χ1n) is 8.22. The highest BCUT2D eigenvalue weighted by Gasteiger charge is 2.17. The Bertz CT molecular complexity index is 947. The molecule has 0 fully saturated rings. The molecular weight excluding hydrogens is 369 g/mol. The van der Waals surface area contributed by atoms with Crippen molar-refractivity contribution in [3.05, 3.63) is 53.6 Å². The van der Waals surface area contributed by atoms with Crippen molar-refractivity contribution in [2.24, 2.45) is 0 Å². The molecule has 146 valence electrons. The molecule has 28 heavy (non-hydrogen) atoms. The fraction of sp³-hybridized carbons (Fsp3) is 0.211. The fourth-order valence-electron chi connectivity index (χ4n) is 2.51. The Morgan fingerprint density at radius 1 is 1.07 bits per heavy atom. The average molecular weight is 387 g/mol. The van der Waals surface area contributed by atoms with E-state index in [9.17, 15) is 9.18 Å². The van der Waals surface area contributed by atoms with Crippen molar-refractivity contribution >= 4 is 5.91 Å². The van der Waals surface area contributed by atoms with E-state index in [0.29, 0.717) is 28.4 Å². The van der Waals surface area contributed by atoms with E-state index >= 15 is 0 Å². The Hall–Kier alpha value is -3.62. The molecule has 3 aromatic rings. The lowest BCUT2D eigenvalue weighted by atomic mass is 10.1. The number of carbonyl (C=O) groups excluding carboxylic acids is 1. The first-order valence-corrected chi connectivity index (χ1v) is 8.22. The lowest BCUT2D eigenvalue weighted by molar-refractivity contribution is 0.0949. The maximum Gasteiger partial charge on any atom is 0.257 e. The van der Waals surface area contributed by atoms with Gasteiger partial charge in [0.1, 0.15) is 5.82 Å².